The fourth-order valence-electron chi connectivity index (χ4n) is 0.862. The van der Waals surface area contributed by atoms with Crippen LogP contribution in [0.2, 0.25) is 0 Å². The minimum atomic E-state index is 0.426. The minimum absolute atomic E-state index is 0.426. The normalized spacial score (nSPS) is 8.18. The van der Waals surface area contributed by atoms with Crippen molar-refractivity contribution < 1.29 is 0 Å². The van der Waals surface area contributed by atoms with Crippen molar-refractivity contribution in [1.29, 1.82) is 5.26 Å². The molecular weight excluding hydrogens is 134 g/mol. The van der Waals surface area contributed by atoms with Crippen LogP contribution in [0.15, 0.2) is 24.3 Å². The minimum Gasteiger partial charge on any atom is -0.198 e. The molecule has 1 aromatic rings. The molecular formula is C10H7N. The van der Waals surface area contributed by atoms with Crippen molar-refractivity contribution in [3.63, 3.8) is 0 Å². The lowest BCUT2D eigenvalue weighted by molar-refractivity contribution is 1.26. The van der Waals surface area contributed by atoms with Gasteiger partial charge in [0.2, 0.25) is 0 Å². The van der Waals surface area contributed by atoms with E-state index in [1.807, 2.05) is 24.3 Å². The van der Waals surface area contributed by atoms with Crippen molar-refractivity contribution >= 4 is 0 Å². The van der Waals surface area contributed by atoms with Gasteiger partial charge in [-0.2, -0.15) is 5.26 Å². The smallest absolute Gasteiger partial charge is 0.0669 e. The maximum Gasteiger partial charge on any atom is 0.0669 e. The van der Waals surface area contributed by atoms with Crippen LogP contribution in [0.3, 0.4) is 0 Å². The molecule has 0 heterocycles. The summed E-state index contributed by atoms with van der Waals surface area (Å²) in [5.41, 5.74) is 1.81. The number of benzene rings is 1. The topological polar surface area (TPSA) is 23.8 Å². The van der Waals surface area contributed by atoms with Crippen LogP contribution < -0.4 is 0 Å². The molecule has 0 atom stereocenters. The van der Waals surface area contributed by atoms with Gasteiger partial charge in [0, 0.05) is 5.56 Å². The summed E-state index contributed by atoms with van der Waals surface area (Å²) in [6.45, 7) is 0. The zero-order chi connectivity index (χ0) is 8.10. The van der Waals surface area contributed by atoms with Crippen LogP contribution in [0.5, 0.6) is 0 Å². The summed E-state index contributed by atoms with van der Waals surface area (Å²) in [5, 5.41) is 8.38. The fraction of sp³-hybridized carbons (Fsp3) is 0.100. The molecule has 52 valence electrons. The Balaban J connectivity index is 2.96. The predicted molar refractivity (Wildman–Crippen MR) is 43.7 cm³/mol. The lowest BCUT2D eigenvalue weighted by Gasteiger charge is -1.93. The van der Waals surface area contributed by atoms with Gasteiger partial charge in [0.1, 0.15) is 0 Å². The van der Waals surface area contributed by atoms with Gasteiger partial charge in [-0.15, -0.1) is 6.42 Å². The molecule has 0 saturated carbocycles. The number of terminal acetylenes is 1. The Kier molecular flexibility index (Phi) is 2.31. The van der Waals surface area contributed by atoms with Crippen LogP contribution in [-0.2, 0) is 6.42 Å². The highest BCUT2D eigenvalue weighted by atomic mass is 14.2. The standard InChI is InChI=1S/C10H7N/c1-2-9-4-3-5-10(8-9)6-7-11/h1,3-5,8H,6H2. The van der Waals surface area contributed by atoms with Crippen LogP contribution in [0.1, 0.15) is 11.1 Å². The van der Waals surface area contributed by atoms with Crippen molar-refractivity contribution in [2.75, 3.05) is 0 Å². The number of nitriles is 1. The van der Waals surface area contributed by atoms with E-state index in [2.05, 4.69) is 12.0 Å². The van der Waals surface area contributed by atoms with E-state index in [0.29, 0.717) is 6.42 Å². The van der Waals surface area contributed by atoms with Crippen LogP contribution in [0, 0.1) is 23.7 Å². The average molecular weight is 141 g/mol. The first-order valence-electron chi connectivity index (χ1n) is 3.29. The van der Waals surface area contributed by atoms with E-state index in [0.717, 1.165) is 11.1 Å². The first-order valence-corrected chi connectivity index (χ1v) is 3.29. The summed E-state index contributed by atoms with van der Waals surface area (Å²) < 4.78 is 0. The van der Waals surface area contributed by atoms with Crippen molar-refractivity contribution in [3.05, 3.63) is 35.4 Å². The van der Waals surface area contributed by atoms with E-state index in [-0.39, 0.29) is 0 Å². The Morgan fingerprint density at radius 3 is 2.91 bits per heavy atom. The van der Waals surface area contributed by atoms with E-state index >= 15 is 0 Å². The van der Waals surface area contributed by atoms with Crippen LogP contribution in [0.4, 0.5) is 0 Å². The van der Waals surface area contributed by atoms with E-state index < -0.39 is 0 Å². The maximum atomic E-state index is 8.38. The summed E-state index contributed by atoms with van der Waals surface area (Å²) in [5.74, 6) is 2.52. The van der Waals surface area contributed by atoms with Crippen molar-refractivity contribution in [2.45, 2.75) is 6.42 Å². The van der Waals surface area contributed by atoms with Crippen molar-refractivity contribution in [3.8, 4) is 18.4 Å². The monoisotopic (exact) mass is 141 g/mol. The second-order valence-electron chi connectivity index (χ2n) is 2.18. The number of nitrogens with zero attached hydrogens (tertiary/aromatic N) is 1. The van der Waals surface area contributed by atoms with Gasteiger partial charge in [-0.25, -0.2) is 0 Å². The molecule has 11 heavy (non-hydrogen) atoms. The molecule has 0 aromatic heterocycles. The molecule has 1 rings (SSSR count). The molecule has 1 nitrogen and oxygen atoms in total. The largest absolute Gasteiger partial charge is 0.198 e. The van der Waals surface area contributed by atoms with Crippen LogP contribution >= 0.6 is 0 Å². The molecule has 0 saturated heterocycles. The highest BCUT2D eigenvalue weighted by Crippen LogP contribution is 2.03. The lowest BCUT2D eigenvalue weighted by Crippen LogP contribution is -1.81. The molecule has 0 fully saturated rings. The zero-order valence-corrected chi connectivity index (χ0v) is 6.04. The molecule has 0 aliphatic carbocycles. The van der Waals surface area contributed by atoms with Crippen molar-refractivity contribution in [2.24, 2.45) is 0 Å². The fourth-order valence-corrected chi connectivity index (χ4v) is 0.862. The highest BCUT2D eigenvalue weighted by molar-refractivity contribution is 5.36. The maximum absolute atomic E-state index is 8.38. The quantitative estimate of drug-likeness (QED) is 0.546. The molecule has 0 N–H and O–H groups in total. The summed E-state index contributed by atoms with van der Waals surface area (Å²) >= 11 is 0. The molecule has 0 spiro atoms. The SMILES string of the molecule is C#Cc1cccc(CC#N)c1. The third-order valence-corrected chi connectivity index (χ3v) is 1.38. The lowest BCUT2D eigenvalue weighted by atomic mass is 10.1. The zero-order valence-electron chi connectivity index (χ0n) is 6.04. The first kappa shape index (κ1) is 7.38. The van der Waals surface area contributed by atoms with Crippen molar-refractivity contribution in [1.82, 2.24) is 0 Å². The van der Waals surface area contributed by atoms with Gasteiger partial charge in [-0.3, -0.25) is 0 Å². The summed E-state index contributed by atoms with van der Waals surface area (Å²) in [6.07, 6.45) is 5.61. The second-order valence-corrected chi connectivity index (χ2v) is 2.18. The molecule has 1 heteroatoms. The number of hydrogen-bond donors (Lipinski definition) is 0. The van der Waals surface area contributed by atoms with Gasteiger partial charge < -0.3 is 0 Å². The Hall–Kier alpha value is -1.73. The molecule has 1 aromatic carbocycles. The average Bonchev–Trinajstić information content (AvgIpc) is 2.06. The summed E-state index contributed by atoms with van der Waals surface area (Å²) in [7, 11) is 0. The number of rotatable bonds is 1. The molecule has 0 amide bonds. The van der Waals surface area contributed by atoms with E-state index in [9.17, 15) is 0 Å². The van der Waals surface area contributed by atoms with Gasteiger partial charge in [0.15, 0.2) is 0 Å². The third-order valence-electron chi connectivity index (χ3n) is 1.38. The van der Waals surface area contributed by atoms with Crippen LogP contribution in [-0.4, -0.2) is 0 Å². The van der Waals surface area contributed by atoms with Gasteiger partial charge >= 0.3 is 0 Å². The van der Waals surface area contributed by atoms with Gasteiger partial charge in [-0.1, -0.05) is 18.1 Å². The van der Waals surface area contributed by atoms with E-state index in [1.165, 1.54) is 0 Å². The Morgan fingerprint density at radius 2 is 2.27 bits per heavy atom. The van der Waals surface area contributed by atoms with E-state index in [1.54, 1.807) is 0 Å². The first-order chi connectivity index (χ1) is 5.36. The molecule has 0 aliphatic heterocycles. The third kappa shape index (κ3) is 1.85. The molecule has 0 radical (unpaired) electrons. The highest BCUT2D eigenvalue weighted by Gasteiger charge is 1.90. The van der Waals surface area contributed by atoms with E-state index in [4.69, 9.17) is 11.7 Å². The second kappa shape index (κ2) is 3.44. The van der Waals surface area contributed by atoms with Gasteiger partial charge in [0.05, 0.1) is 12.5 Å². The van der Waals surface area contributed by atoms with Crippen LogP contribution in [0.25, 0.3) is 0 Å². The molecule has 0 aliphatic rings. The van der Waals surface area contributed by atoms with Gasteiger partial charge in [0.25, 0.3) is 0 Å². The van der Waals surface area contributed by atoms with Gasteiger partial charge in [-0.05, 0) is 17.7 Å². The molecule has 0 unspecified atom stereocenters. The Labute approximate surface area is 66.3 Å². The molecule has 0 bridgehead atoms. The Bertz CT molecular complexity index is 325. The number of hydrogen-bond acceptors (Lipinski definition) is 1. The summed E-state index contributed by atoms with van der Waals surface area (Å²) in [6, 6.07) is 9.52. The predicted octanol–water partition coefficient (Wildman–Crippen LogP) is 1.73. The Morgan fingerprint density at radius 1 is 1.45 bits per heavy atom. The summed E-state index contributed by atoms with van der Waals surface area (Å²) in [4.78, 5) is 0.